The van der Waals surface area contributed by atoms with E-state index in [0.717, 1.165) is 6.07 Å². The lowest BCUT2D eigenvalue weighted by Gasteiger charge is -2.10. The number of aromatic nitrogens is 1. The van der Waals surface area contributed by atoms with Gasteiger partial charge < -0.3 is 4.42 Å². The molecule has 1 aromatic carbocycles. The minimum absolute atomic E-state index is 0.0537. The van der Waals surface area contributed by atoms with Crippen molar-refractivity contribution < 1.29 is 22.4 Å². The van der Waals surface area contributed by atoms with Gasteiger partial charge in [0.2, 0.25) is 0 Å². The average Bonchev–Trinajstić information content (AvgIpc) is 3.10. The maximum atomic E-state index is 13.1. The first-order valence-electron chi connectivity index (χ1n) is 7.45. The van der Waals surface area contributed by atoms with Gasteiger partial charge in [-0.25, -0.2) is 5.43 Å². The maximum absolute atomic E-state index is 13.1. The van der Waals surface area contributed by atoms with E-state index in [2.05, 4.69) is 15.5 Å². The number of hydrogen-bond donors (Lipinski definition) is 1. The number of carbonyl (C=O) groups excluding carboxylic acids is 1. The van der Waals surface area contributed by atoms with Gasteiger partial charge in [0.1, 0.15) is 11.5 Å². The smallest absolute Gasteiger partial charge is 0.417 e. The summed E-state index contributed by atoms with van der Waals surface area (Å²) in [7, 11) is 0. The number of nitrogens with one attached hydrogen (secondary N) is 1. The van der Waals surface area contributed by atoms with Crippen LogP contribution in [0.1, 0.15) is 21.7 Å². The summed E-state index contributed by atoms with van der Waals surface area (Å²) in [4.78, 5) is 15.6. The summed E-state index contributed by atoms with van der Waals surface area (Å²) in [5.41, 5.74) is 1.75. The molecule has 0 saturated carbocycles. The van der Waals surface area contributed by atoms with Gasteiger partial charge in [-0.3, -0.25) is 9.78 Å². The fourth-order valence-electron chi connectivity index (χ4n) is 2.23. The highest BCUT2D eigenvalue weighted by Gasteiger charge is 2.34. The second-order valence-electron chi connectivity index (χ2n) is 5.19. The number of hydrogen-bond acceptors (Lipinski definition) is 4. The van der Waals surface area contributed by atoms with E-state index in [1.54, 1.807) is 12.1 Å². The van der Waals surface area contributed by atoms with Crippen molar-refractivity contribution in [3.05, 3.63) is 77.8 Å². The number of benzene rings is 1. The number of carbonyl (C=O) groups is 1. The molecule has 1 amide bonds. The van der Waals surface area contributed by atoms with Crippen molar-refractivity contribution in [2.24, 2.45) is 5.10 Å². The predicted octanol–water partition coefficient (Wildman–Crippen LogP) is 4.12. The molecule has 1 N–H and O–H groups in total. The highest BCUT2D eigenvalue weighted by molar-refractivity contribution is 5.94. The molecular formula is C18H12F3N3O2. The Morgan fingerprint density at radius 3 is 2.65 bits per heavy atom. The quantitative estimate of drug-likeness (QED) is 0.563. The van der Waals surface area contributed by atoms with Crippen molar-refractivity contribution in [1.82, 2.24) is 10.4 Å². The lowest BCUT2D eigenvalue weighted by atomic mass is 10.1. The molecule has 0 aliphatic rings. The van der Waals surface area contributed by atoms with Gasteiger partial charge in [0.15, 0.2) is 0 Å². The number of nitrogens with zero attached hydrogens (tertiary/aromatic N) is 2. The van der Waals surface area contributed by atoms with E-state index in [4.69, 9.17) is 4.42 Å². The van der Waals surface area contributed by atoms with Crippen LogP contribution in [0.25, 0.3) is 11.3 Å². The Kier molecular flexibility index (Phi) is 4.83. The van der Waals surface area contributed by atoms with Crippen LogP contribution in [-0.2, 0) is 6.18 Å². The van der Waals surface area contributed by atoms with E-state index in [-0.39, 0.29) is 17.1 Å². The molecule has 0 unspecified atom stereocenters. The number of amides is 1. The predicted molar refractivity (Wildman–Crippen MR) is 88.4 cm³/mol. The molecule has 2 aromatic heterocycles. The van der Waals surface area contributed by atoms with Gasteiger partial charge in [-0.05, 0) is 30.3 Å². The van der Waals surface area contributed by atoms with Crippen LogP contribution in [0.3, 0.4) is 0 Å². The summed E-state index contributed by atoms with van der Waals surface area (Å²) in [6, 6.07) is 11.2. The topological polar surface area (TPSA) is 67.5 Å². The first-order chi connectivity index (χ1) is 12.4. The molecule has 0 atom stereocenters. The van der Waals surface area contributed by atoms with Crippen LogP contribution in [0, 0.1) is 0 Å². The number of rotatable bonds is 4. The van der Waals surface area contributed by atoms with E-state index in [1.165, 1.54) is 48.9 Å². The van der Waals surface area contributed by atoms with Gasteiger partial charge in [-0.2, -0.15) is 18.3 Å². The van der Waals surface area contributed by atoms with Gasteiger partial charge in [-0.1, -0.05) is 18.2 Å². The second kappa shape index (κ2) is 7.22. The van der Waals surface area contributed by atoms with E-state index in [1.807, 2.05) is 0 Å². The van der Waals surface area contributed by atoms with E-state index >= 15 is 0 Å². The van der Waals surface area contributed by atoms with Crippen molar-refractivity contribution in [3.63, 3.8) is 0 Å². The molecule has 0 saturated heterocycles. The van der Waals surface area contributed by atoms with E-state index in [0.29, 0.717) is 5.56 Å². The van der Waals surface area contributed by atoms with Crippen molar-refractivity contribution >= 4 is 12.1 Å². The molecular weight excluding hydrogens is 347 g/mol. The average molecular weight is 359 g/mol. The van der Waals surface area contributed by atoms with Crippen molar-refractivity contribution in [2.75, 3.05) is 0 Å². The van der Waals surface area contributed by atoms with Crippen LogP contribution in [0.5, 0.6) is 0 Å². The van der Waals surface area contributed by atoms with Crippen LogP contribution in [-0.4, -0.2) is 17.1 Å². The monoisotopic (exact) mass is 359 g/mol. The van der Waals surface area contributed by atoms with Crippen molar-refractivity contribution in [1.29, 1.82) is 0 Å². The third kappa shape index (κ3) is 3.97. The highest BCUT2D eigenvalue weighted by Crippen LogP contribution is 2.37. The molecule has 0 radical (unpaired) electrons. The summed E-state index contributed by atoms with van der Waals surface area (Å²) in [5.74, 6) is -0.218. The van der Waals surface area contributed by atoms with Crippen molar-refractivity contribution in [2.45, 2.75) is 6.18 Å². The fourth-order valence-corrected chi connectivity index (χ4v) is 2.23. The van der Waals surface area contributed by atoms with Crippen LogP contribution >= 0.6 is 0 Å². The Bertz CT molecular complexity index is 934. The maximum Gasteiger partial charge on any atom is 0.417 e. The number of furan rings is 1. The normalized spacial score (nSPS) is 11.7. The standard InChI is InChI=1S/C18H12F3N3O2/c19-18(20,21)15-6-2-1-5-14(15)16-8-7-13(26-16)11-23-24-17(25)12-4-3-9-22-10-12/h1-11H,(H,24,25)/b23-11-. The third-order valence-corrected chi connectivity index (χ3v) is 3.41. The molecule has 0 fully saturated rings. The Labute approximate surface area is 146 Å². The Hall–Kier alpha value is -3.42. The van der Waals surface area contributed by atoms with Gasteiger partial charge in [0, 0.05) is 18.0 Å². The number of pyridine rings is 1. The van der Waals surface area contributed by atoms with E-state index in [9.17, 15) is 18.0 Å². The molecule has 3 rings (SSSR count). The Morgan fingerprint density at radius 1 is 1.12 bits per heavy atom. The highest BCUT2D eigenvalue weighted by atomic mass is 19.4. The lowest BCUT2D eigenvalue weighted by molar-refractivity contribution is -0.137. The zero-order valence-electron chi connectivity index (χ0n) is 13.2. The van der Waals surface area contributed by atoms with Crippen LogP contribution < -0.4 is 5.43 Å². The van der Waals surface area contributed by atoms with E-state index < -0.39 is 17.6 Å². The molecule has 0 spiro atoms. The molecule has 0 bridgehead atoms. The van der Waals surface area contributed by atoms with Gasteiger partial charge in [-0.15, -0.1) is 0 Å². The first-order valence-corrected chi connectivity index (χ1v) is 7.45. The first kappa shape index (κ1) is 17.4. The summed E-state index contributed by atoms with van der Waals surface area (Å²) < 4.78 is 44.6. The molecule has 26 heavy (non-hydrogen) atoms. The number of hydrazone groups is 1. The largest absolute Gasteiger partial charge is 0.455 e. The molecule has 5 nitrogen and oxygen atoms in total. The zero-order valence-corrected chi connectivity index (χ0v) is 13.2. The molecule has 0 aliphatic heterocycles. The summed E-state index contributed by atoms with van der Waals surface area (Å²) in [6.07, 6.45) is -0.379. The van der Waals surface area contributed by atoms with Crippen LogP contribution in [0.15, 0.2) is 70.4 Å². The molecule has 2 heterocycles. The van der Waals surface area contributed by atoms with Gasteiger partial charge in [0.25, 0.3) is 5.91 Å². The Balaban J connectivity index is 1.74. The number of halogens is 3. The lowest BCUT2D eigenvalue weighted by Crippen LogP contribution is -2.17. The SMILES string of the molecule is O=C(N/N=C\c1ccc(-c2ccccc2C(F)(F)F)o1)c1cccnc1. The summed E-state index contributed by atoms with van der Waals surface area (Å²) in [5, 5.41) is 3.73. The van der Waals surface area contributed by atoms with Crippen LogP contribution in [0.2, 0.25) is 0 Å². The number of alkyl halides is 3. The third-order valence-electron chi connectivity index (χ3n) is 3.41. The van der Waals surface area contributed by atoms with Crippen molar-refractivity contribution in [3.8, 4) is 11.3 Å². The molecule has 8 heteroatoms. The Morgan fingerprint density at radius 2 is 1.92 bits per heavy atom. The molecule has 3 aromatic rings. The van der Waals surface area contributed by atoms with Gasteiger partial charge >= 0.3 is 6.18 Å². The minimum atomic E-state index is -4.49. The summed E-state index contributed by atoms with van der Waals surface area (Å²) >= 11 is 0. The zero-order chi connectivity index (χ0) is 18.6. The molecule has 0 aliphatic carbocycles. The minimum Gasteiger partial charge on any atom is -0.455 e. The fraction of sp³-hybridized carbons (Fsp3) is 0.0556. The van der Waals surface area contributed by atoms with Crippen LogP contribution in [0.4, 0.5) is 13.2 Å². The molecule has 132 valence electrons. The van der Waals surface area contributed by atoms with Gasteiger partial charge in [0.05, 0.1) is 17.3 Å². The second-order valence-corrected chi connectivity index (χ2v) is 5.19. The summed E-state index contributed by atoms with van der Waals surface area (Å²) in [6.45, 7) is 0.